The number of nitrogens with one attached hydrogen (secondary N) is 1. The fraction of sp³-hybridized carbons (Fsp3) is 0.385. The quantitative estimate of drug-likeness (QED) is 0.853. The van der Waals surface area contributed by atoms with Gasteiger partial charge in [-0.05, 0) is 6.42 Å². The summed E-state index contributed by atoms with van der Waals surface area (Å²) in [5.74, 6) is -0.493. The fourth-order valence-electron chi connectivity index (χ4n) is 1.78. The molecule has 2 aromatic heterocycles. The zero-order chi connectivity index (χ0) is 15.4. The zero-order valence-electron chi connectivity index (χ0n) is 11.9. The molecule has 21 heavy (non-hydrogen) atoms. The monoisotopic (exact) mass is 307 g/mol. The number of hydrogen-bond donors (Lipinski definition) is 2. The number of fused-ring (bicyclic) bond motifs is 1. The molecule has 0 saturated heterocycles. The molecule has 8 heteroatoms. The van der Waals surface area contributed by atoms with Gasteiger partial charge in [0.05, 0.1) is 12.2 Å². The molecule has 2 aromatic rings. The van der Waals surface area contributed by atoms with Crippen LogP contribution < -0.4 is 11.1 Å². The standard InChI is InChI=1S/C13H17N5O2S/c1-3-4-15-8(19)7-18(2)13(20)11-9(14)10-12(21-11)17-6-5-16-10/h5-6H,3-4,7,14H2,1-2H3,(H,15,19). The number of aromatic nitrogens is 2. The van der Waals surface area contributed by atoms with Gasteiger partial charge < -0.3 is 16.0 Å². The number of hydrogen-bond acceptors (Lipinski definition) is 6. The van der Waals surface area contributed by atoms with Gasteiger partial charge in [-0.3, -0.25) is 9.59 Å². The minimum absolute atomic E-state index is 0.00657. The summed E-state index contributed by atoms with van der Waals surface area (Å²) in [4.78, 5) is 34.6. The summed E-state index contributed by atoms with van der Waals surface area (Å²) >= 11 is 1.18. The highest BCUT2D eigenvalue weighted by Gasteiger charge is 2.22. The van der Waals surface area contributed by atoms with Crippen molar-refractivity contribution in [3.05, 3.63) is 17.3 Å². The van der Waals surface area contributed by atoms with E-state index < -0.39 is 0 Å². The predicted octanol–water partition coefficient (Wildman–Crippen LogP) is 0.872. The Balaban J connectivity index is 2.14. The van der Waals surface area contributed by atoms with Gasteiger partial charge in [0.15, 0.2) is 0 Å². The van der Waals surface area contributed by atoms with Crippen LogP contribution in [0.4, 0.5) is 5.69 Å². The lowest BCUT2D eigenvalue weighted by Gasteiger charge is -2.16. The van der Waals surface area contributed by atoms with E-state index >= 15 is 0 Å². The highest BCUT2D eigenvalue weighted by Crippen LogP contribution is 2.31. The molecule has 7 nitrogen and oxygen atoms in total. The molecule has 0 aliphatic rings. The Kier molecular flexibility index (Phi) is 4.69. The van der Waals surface area contributed by atoms with E-state index in [9.17, 15) is 9.59 Å². The van der Waals surface area contributed by atoms with Crippen molar-refractivity contribution in [2.24, 2.45) is 0 Å². The summed E-state index contributed by atoms with van der Waals surface area (Å²) in [7, 11) is 1.57. The second-order valence-corrected chi connectivity index (χ2v) is 5.57. The largest absolute Gasteiger partial charge is 0.396 e. The number of carbonyl (C=O) groups is 2. The highest BCUT2D eigenvalue weighted by atomic mass is 32.1. The Morgan fingerprint density at radius 3 is 2.76 bits per heavy atom. The molecule has 0 fully saturated rings. The molecule has 0 spiro atoms. The second-order valence-electron chi connectivity index (χ2n) is 4.57. The van der Waals surface area contributed by atoms with Crippen molar-refractivity contribution in [3.8, 4) is 0 Å². The van der Waals surface area contributed by atoms with Crippen LogP contribution in [-0.4, -0.2) is 46.8 Å². The molecule has 2 rings (SSSR count). The summed E-state index contributed by atoms with van der Waals surface area (Å²) in [5, 5.41) is 2.73. The summed E-state index contributed by atoms with van der Waals surface area (Å²) < 4.78 is 0. The Morgan fingerprint density at radius 2 is 2.10 bits per heavy atom. The first-order valence-electron chi connectivity index (χ1n) is 6.55. The number of thiophene rings is 1. The maximum atomic E-state index is 12.4. The normalized spacial score (nSPS) is 10.6. The number of anilines is 1. The second kappa shape index (κ2) is 6.49. The molecule has 2 amide bonds. The van der Waals surface area contributed by atoms with E-state index in [-0.39, 0.29) is 18.4 Å². The van der Waals surface area contributed by atoms with E-state index in [0.29, 0.717) is 27.5 Å². The molecular weight excluding hydrogens is 290 g/mol. The molecule has 0 unspecified atom stereocenters. The maximum absolute atomic E-state index is 12.4. The van der Waals surface area contributed by atoms with Crippen LogP contribution in [0, 0.1) is 0 Å². The van der Waals surface area contributed by atoms with Crippen molar-refractivity contribution in [1.82, 2.24) is 20.2 Å². The first kappa shape index (κ1) is 15.2. The maximum Gasteiger partial charge on any atom is 0.266 e. The Hall–Kier alpha value is -2.22. The lowest BCUT2D eigenvalue weighted by molar-refractivity contribution is -0.121. The van der Waals surface area contributed by atoms with Crippen LogP contribution in [0.15, 0.2) is 12.4 Å². The average molecular weight is 307 g/mol. The minimum atomic E-state index is -0.302. The van der Waals surface area contributed by atoms with Crippen molar-refractivity contribution in [2.75, 3.05) is 25.9 Å². The molecule has 0 aromatic carbocycles. The van der Waals surface area contributed by atoms with Crippen LogP contribution in [0.1, 0.15) is 23.0 Å². The molecule has 2 heterocycles. The van der Waals surface area contributed by atoms with Crippen LogP contribution in [-0.2, 0) is 4.79 Å². The van der Waals surface area contributed by atoms with Crippen LogP contribution >= 0.6 is 11.3 Å². The summed E-state index contributed by atoms with van der Waals surface area (Å²) in [5.41, 5.74) is 6.79. The number of carbonyl (C=O) groups excluding carboxylic acids is 2. The van der Waals surface area contributed by atoms with Gasteiger partial charge in [0.2, 0.25) is 5.91 Å². The van der Waals surface area contributed by atoms with E-state index in [4.69, 9.17) is 5.73 Å². The van der Waals surface area contributed by atoms with Gasteiger partial charge in [0.1, 0.15) is 15.2 Å². The third kappa shape index (κ3) is 3.27. The van der Waals surface area contributed by atoms with Gasteiger partial charge in [-0.25, -0.2) is 9.97 Å². The third-order valence-electron chi connectivity index (χ3n) is 2.86. The lowest BCUT2D eigenvalue weighted by atomic mass is 10.3. The summed E-state index contributed by atoms with van der Waals surface area (Å²) in [6.45, 7) is 2.56. The van der Waals surface area contributed by atoms with E-state index in [1.165, 1.54) is 22.4 Å². The summed E-state index contributed by atoms with van der Waals surface area (Å²) in [6.07, 6.45) is 3.93. The van der Waals surface area contributed by atoms with Crippen molar-refractivity contribution in [1.29, 1.82) is 0 Å². The molecule has 0 aliphatic heterocycles. The Morgan fingerprint density at radius 1 is 1.38 bits per heavy atom. The van der Waals surface area contributed by atoms with Gasteiger partial charge in [0.25, 0.3) is 5.91 Å². The van der Waals surface area contributed by atoms with E-state index in [2.05, 4.69) is 15.3 Å². The first-order chi connectivity index (χ1) is 10.0. The topological polar surface area (TPSA) is 101 Å². The molecule has 3 N–H and O–H groups in total. The number of likely N-dealkylation sites (N-methyl/N-ethyl adjacent to an activating group) is 1. The molecule has 0 saturated carbocycles. The zero-order valence-corrected chi connectivity index (χ0v) is 12.7. The van der Waals surface area contributed by atoms with Crippen LogP contribution in [0.5, 0.6) is 0 Å². The smallest absolute Gasteiger partial charge is 0.266 e. The average Bonchev–Trinajstić information content (AvgIpc) is 2.82. The fourth-order valence-corrected chi connectivity index (χ4v) is 2.80. The minimum Gasteiger partial charge on any atom is -0.396 e. The van der Waals surface area contributed by atoms with Crippen LogP contribution in [0.3, 0.4) is 0 Å². The van der Waals surface area contributed by atoms with Gasteiger partial charge in [-0.2, -0.15) is 0 Å². The van der Waals surface area contributed by atoms with Crippen LogP contribution in [0.2, 0.25) is 0 Å². The lowest BCUT2D eigenvalue weighted by Crippen LogP contribution is -2.38. The number of nitrogen functional groups attached to an aromatic ring is 1. The van der Waals surface area contributed by atoms with Gasteiger partial charge in [-0.15, -0.1) is 11.3 Å². The van der Waals surface area contributed by atoms with Crippen LogP contribution in [0.25, 0.3) is 10.3 Å². The molecule has 0 radical (unpaired) electrons. The van der Waals surface area contributed by atoms with E-state index in [0.717, 1.165) is 6.42 Å². The van der Waals surface area contributed by atoms with E-state index in [1.54, 1.807) is 13.2 Å². The predicted molar refractivity (Wildman–Crippen MR) is 82.1 cm³/mol. The molecule has 0 atom stereocenters. The molecule has 0 aliphatic carbocycles. The number of amides is 2. The van der Waals surface area contributed by atoms with E-state index in [1.807, 2.05) is 6.92 Å². The van der Waals surface area contributed by atoms with Crippen molar-refractivity contribution < 1.29 is 9.59 Å². The number of nitrogens with two attached hydrogens (primary N) is 1. The third-order valence-corrected chi connectivity index (χ3v) is 3.95. The summed E-state index contributed by atoms with van der Waals surface area (Å²) in [6, 6.07) is 0. The molecule has 112 valence electrons. The number of nitrogens with zero attached hydrogens (tertiary/aromatic N) is 3. The van der Waals surface area contributed by atoms with Gasteiger partial charge >= 0.3 is 0 Å². The highest BCUT2D eigenvalue weighted by molar-refractivity contribution is 7.21. The first-order valence-corrected chi connectivity index (χ1v) is 7.37. The SMILES string of the molecule is CCCNC(=O)CN(C)C(=O)c1sc2nccnc2c1N. The molecular formula is C13H17N5O2S. The van der Waals surface area contributed by atoms with Crippen molar-refractivity contribution >= 4 is 39.2 Å². The van der Waals surface area contributed by atoms with Gasteiger partial charge in [0, 0.05) is 26.0 Å². The van der Waals surface area contributed by atoms with Crippen molar-refractivity contribution in [3.63, 3.8) is 0 Å². The number of rotatable bonds is 5. The molecule has 0 bridgehead atoms. The van der Waals surface area contributed by atoms with Crippen molar-refractivity contribution in [2.45, 2.75) is 13.3 Å². The van der Waals surface area contributed by atoms with Gasteiger partial charge in [-0.1, -0.05) is 6.92 Å². The Bertz CT molecular complexity index is 670. The Labute approximate surface area is 126 Å².